The molecule has 0 aliphatic rings. The van der Waals surface area contributed by atoms with E-state index in [-0.39, 0.29) is 42.1 Å². The van der Waals surface area contributed by atoms with Crippen molar-refractivity contribution in [1.29, 1.82) is 0 Å². The molecule has 0 fully saturated rings. The van der Waals surface area contributed by atoms with Gasteiger partial charge >= 0.3 is 42.1 Å². The second-order valence-corrected chi connectivity index (χ2v) is 10.9. The monoisotopic (exact) mass is 998 g/mol. The minimum absolute atomic E-state index is 0. The van der Waals surface area contributed by atoms with Crippen LogP contribution in [0.15, 0.2) is 110 Å². The molecular formula is C39H24N6O2Pt2. The van der Waals surface area contributed by atoms with E-state index in [1.165, 1.54) is 12.7 Å². The Bertz CT molecular complexity index is 2240. The Morgan fingerprint density at radius 1 is 0.531 bits per heavy atom. The molecule has 0 aliphatic carbocycles. The van der Waals surface area contributed by atoms with Crippen LogP contribution in [0.25, 0.3) is 50.3 Å². The topological polar surface area (TPSA) is 87.8 Å². The molecule has 0 bridgehead atoms. The van der Waals surface area contributed by atoms with Gasteiger partial charge in [0.15, 0.2) is 0 Å². The number of hydrogen-bond donors (Lipinski definition) is 0. The maximum atomic E-state index is 6.33. The van der Waals surface area contributed by atoms with E-state index >= 15 is 0 Å². The van der Waals surface area contributed by atoms with Gasteiger partial charge in [0.05, 0.1) is 0 Å². The summed E-state index contributed by atoms with van der Waals surface area (Å²) >= 11 is 0. The number of nitrogens with zero attached hydrogens (tertiary/aromatic N) is 6. The fourth-order valence-corrected chi connectivity index (χ4v) is 5.52. The van der Waals surface area contributed by atoms with Crippen LogP contribution in [-0.4, -0.2) is 29.5 Å². The van der Waals surface area contributed by atoms with Crippen LogP contribution in [0.1, 0.15) is 11.1 Å². The number of aromatic nitrogens is 6. The number of hydrogen-bond acceptors (Lipinski definition) is 7. The zero-order valence-electron chi connectivity index (χ0n) is 26.0. The summed E-state index contributed by atoms with van der Waals surface area (Å²) in [5, 5.41) is 1.86. The van der Waals surface area contributed by atoms with Crippen LogP contribution in [0.4, 0.5) is 0 Å². The Labute approximate surface area is 311 Å². The maximum absolute atomic E-state index is 6.33. The van der Waals surface area contributed by atoms with Crippen LogP contribution < -0.4 is 9.47 Å². The van der Waals surface area contributed by atoms with Gasteiger partial charge in [-0.3, -0.25) is 0 Å². The van der Waals surface area contributed by atoms with E-state index in [9.17, 15) is 0 Å². The van der Waals surface area contributed by atoms with E-state index in [1.54, 1.807) is 12.4 Å². The van der Waals surface area contributed by atoms with Crippen LogP contribution >= 0.6 is 0 Å². The largest absolute Gasteiger partial charge is 2.00 e. The first-order chi connectivity index (χ1) is 23.1. The zero-order chi connectivity index (χ0) is 31.7. The van der Waals surface area contributed by atoms with Crippen molar-refractivity contribution >= 4 is 21.8 Å². The van der Waals surface area contributed by atoms with E-state index in [4.69, 9.17) is 9.47 Å². The van der Waals surface area contributed by atoms with E-state index < -0.39 is 0 Å². The van der Waals surface area contributed by atoms with Crippen molar-refractivity contribution in [3.63, 3.8) is 0 Å². The third-order valence-electron chi connectivity index (χ3n) is 7.51. The van der Waals surface area contributed by atoms with Crippen molar-refractivity contribution in [2.45, 2.75) is 13.8 Å². The first-order valence-electron chi connectivity index (χ1n) is 14.9. The third kappa shape index (κ3) is 7.07. The summed E-state index contributed by atoms with van der Waals surface area (Å²) in [5.41, 5.74) is 6.83. The van der Waals surface area contributed by atoms with Crippen molar-refractivity contribution in [3.05, 3.63) is 145 Å². The summed E-state index contributed by atoms with van der Waals surface area (Å²) in [6.07, 6.45) is 6.45. The predicted molar refractivity (Wildman–Crippen MR) is 178 cm³/mol. The van der Waals surface area contributed by atoms with Crippen LogP contribution in [0.3, 0.4) is 0 Å². The van der Waals surface area contributed by atoms with E-state index in [1.807, 2.05) is 103 Å². The average molecular weight is 999 g/mol. The minimum Gasteiger partial charge on any atom is -0.503 e. The van der Waals surface area contributed by atoms with E-state index in [0.717, 1.165) is 44.4 Å². The van der Waals surface area contributed by atoms with E-state index in [2.05, 4.69) is 49.2 Å². The second kappa shape index (κ2) is 14.6. The molecule has 0 radical (unpaired) electrons. The summed E-state index contributed by atoms with van der Waals surface area (Å²) in [7, 11) is 0. The number of ether oxygens (including phenoxy) is 2. The van der Waals surface area contributed by atoms with Gasteiger partial charge in [0.2, 0.25) is 5.95 Å². The summed E-state index contributed by atoms with van der Waals surface area (Å²) in [5.74, 6) is 2.56. The molecule has 8 aromatic rings. The normalized spacial score (nSPS) is 10.7. The van der Waals surface area contributed by atoms with Crippen LogP contribution in [0.5, 0.6) is 23.0 Å². The van der Waals surface area contributed by atoms with Crippen LogP contribution in [0.2, 0.25) is 0 Å². The summed E-state index contributed by atoms with van der Waals surface area (Å²) in [6, 6.07) is 40.9. The molecule has 0 saturated heterocycles. The smallest absolute Gasteiger partial charge is 0.503 e. The number of benzene rings is 4. The molecule has 0 unspecified atom stereocenters. The van der Waals surface area contributed by atoms with Crippen molar-refractivity contribution < 1.29 is 51.6 Å². The van der Waals surface area contributed by atoms with Gasteiger partial charge in [0, 0.05) is 35.4 Å². The Hall–Kier alpha value is -5.03. The molecular weight excluding hydrogens is 975 g/mol. The first-order valence-corrected chi connectivity index (χ1v) is 14.9. The van der Waals surface area contributed by atoms with Gasteiger partial charge in [-0.05, 0) is 23.5 Å². The number of aryl methyl sites for hydroxylation is 2. The minimum atomic E-state index is 0. The molecule has 10 heteroatoms. The summed E-state index contributed by atoms with van der Waals surface area (Å²) in [4.78, 5) is 21.9. The van der Waals surface area contributed by atoms with Crippen molar-refractivity contribution in [2.24, 2.45) is 0 Å². The SMILES string of the molecule is Cc1cc(Oc2[c-]c3c(cc2)c2ccc(Oc4[c-]c(-c5ccccn5)cc(C)c4)[c-]c2n3-c2ncncn2)[c-]c(-c2ccccn2)c1.[Pt+2].[Pt+2]. The molecule has 0 amide bonds. The number of rotatable bonds is 7. The van der Waals surface area contributed by atoms with Gasteiger partial charge in [0.1, 0.15) is 12.7 Å². The fourth-order valence-electron chi connectivity index (χ4n) is 5.52. The van der Waals surface area contributed by atoms with Crippen molar-refractivity contribution in [2.75, 3.05) is 0 Å². The number of pyridine rings is 2. The Kier molecular flexibility index (Phi) is 10.1. The van der Waals surface area contributed by atoms with Gasteiger partial charge in [0.25, 0.3) is 0 Å². The van der Waals surface area contributed by atoms with Gasteiger partial charge in [-0.15, -0.1) is 58.7 Å². The first kappa shape index (κ1) is 33.9. The summed E-state index contributed by atoms with van der Waals surface area (Å²) in [6.45, 7) is 4.03. The molecule has 4 aromatic heterocycles. The molecule has 242 valence electrons. The molecule has 8 nitrogen and oxygen atoms in total. The Balaban J connectivity index is 0.00000208. The number of fused-ring (bicyclic) bond motifs is 3. The Morgan fingerprint density at radius 2 is 1.02 bits per heavy atom. The maximum Gasteiger partial charge on any atom is 2.00 e. The van der Waals surface area contributed by atoms with Crippen LogP contribution in [0, 0.1) is 38.1 Å². The molecule has 4 aromatic carbocycles. The molecule has 0 N–H and O–H groups in total. The van der Waals surface area contributed by atoms with Gasteiger partial charge in [-0.2, -0.15) is 22.9 Å². The summed E-state index contributed by atoms with van der Waals surface area (Å²) < 4.78 is 14.5. The van der Waals surface area contributed by atoms with Gasteiger partial charge in [-0.25, -0.2) is 15.0 Å². The quantitative estimate of drug-likeness (QED) is 0.148. The molecule has 0 aliphatic heterocycles. The third-order valence-corrected chi connectivity index (χ3v) is 7.51. The van der Waals surface area contributed by atoms with Gasteiger partial charge in [-0.1, -0.05) is 73.4 Å². The fraction of sp³-hybridized carbons (Fsp3) is 0.0513. The molecule has 0 saturated carbocycles. The molecule has 0 spiro atoms. The van der Waals surface area contributed by atoms with Crippen LogP contribution in [-0.2, 0) is 42.1 Å². The Morgan fingerprint density at radius 3 is 1.47 bits per heavy atom. The predicted octanol–water partition coefficient (Wildman–Crippen LogP) is 8.49. The van der Waals surface area contributed by atoms with E-state index in [0.29, 0.717) is 40.0 Å². The van der Waals surface area contributed by atoms with Crippen molar-refractivity contribution in [1.82, 2.24) is 29.5 Å². The molecule has 8 rings (SSSR count). The molecule has 0 atom stereocenters. The van der Waals surface area contributed by atoms with Gasteiger partial charge < -0.3 is 24.0 Å². The molecule has 49 heavy (non-hydrogen) atoms. The molecule has 4 heterocycles. The average Bonchev–Trinajstić information content (AvgIpc) is 3.41. The van der Waals surface area contributed by atoms with Crippen molar-refractivity contribution in [3.8, 4) is 51.5 Å². The standard InChI is InChI=1S/C39H24N6O2.2Pt/c1-25-15-27(35-7-3-5-13-41-35)19-31(17-25)46-29-9-11-33-34-12-10-30(22-38(34)45(37(33)21-29)39-43-23-40-24-44-39)47-32-18-26(2)16-28(20-32)36-8-4-6-14-42-36;;/h3-18,23-24H,1-2H3;;/q-4;2*+2. The zero-order valence-corrected chi connectivity index (χ0v) is 30.6. The second-order valence-electron chi connectivity index (χ2n) is 10.9.